The molecular formula is C16H27NO12. The summed E-state index contributed by atoms with van der Waals surface area (Å²) in [6.45, 7) is 1.82. The quantitative estimate of drug-likeness (QED) is 0.182. The Balaban J connectivity index is 2.13. The average molecular weight is 425 g/mol. The number of alkyl carbamates (subject to hydrolysis) is 1. The van der Waals surface area contributed by atoms with Crippen molar-refractivity contribution in [2.24, 2.45) is 0 Å². The van der Waals surface area contributed by atoms with Gasteiger partial charge in [-0.3, -0.25) is 0 Å². The summed E-state index contributed by atoms with van der Waals surface area (Å²) in [6, 6.07) is -1.44. The Morgan fingerprint density at radius 3 is 2.21 bits per heavy atom. The lowest BCUT2D eigenvalue weighted by Crippen LogP contribution is -2.67. The van der Waals surface area contributed by atoms with Gasteiger partial charge in [0, 0.05) is 0 Å². The zero-order valence-corrected chi connectivity index (χ0v) is 15.4. The lowest BCUT2D eigenvalue weighted by molar-refractivity contribution is -0.345. The predicted molar refractivity (Wildman–Crippen MR) is 91.1 cm³/mol. The number of hydrogen-bond donors (Lipinski definition) is 8. The van der Waals surface area contributed by atoms with Gasteiger partial charge in [0.15, 0.2) is 12.6 Å². The first-order valence-corrected chi connectivity index (χ1v) is 8.87. The highest BCUT2D eigenvalue weighted by molar-refractivity contribution is 5.67. The summed E-state index contributed by atoms with van der Waals surface area (Å²) < 4.78 is 20.5. The molecule has 13 heteroatoms. The Hall–Kier alpha value is -1.39. The maximum atomic E-state index is 11.7. The topological polar surface area (TPSA) is 208 Å². The van der Waals surface area contributed by atoms with Crippen LogP contribution < -0.4 is 5.32 Å². The second kappa shape index (κ2) is 10.6. The van der Waals surface area contributed by atoms with Gasteiger partial charge >= 0.3 is 6.09 Å². The SMILES string of the molecule is C=CCOC(=O)NC1C(O)OC(CO)C(OC2OC(CO)C(O)C(O)C2O)C1O. The van der Waals surface area contributed by atoms with Crippen molar-refractivity contribution in [3.63, 3.8) is 0 Å². The van der Waals surface area contributed by atoms with Gasteiger partial charge in [0.25, 0.3) is 0 Å². The normalized spacial score (nSPS) is 42.9. The molecule has 10 unspecified atom stereocenters. The van der Waals surface area contributed by atoms with Gasteiger partial charge in [0.2, 0.25) is 0 Å². The molecule has 0 aliphatic carbocycles. The highest BCUT2D eigenvalue weighted by Crippen LogP contribution is 2.28. The minimum absolute atomic E-state index is 0.129. The molecule has 0 aromatic heterocycles. The van der Waals surface area contributed by atoms with Gasteiger partial charge in [-0.05, 0) is 0 Å². The number of hydrogen-bond acceptors (Lipinski definition) is 12. The van der Waals surface area contributed by atoms with E-state index in [2.05, 4.69) is 11.9 Å². The van der Waals surface area contributed by atoms with E-state index >= 15 is 0 Å². The van der Waals surface area contributed by atoms with Crippen molar-refractivity contribution < 1.29 is 59.5 Å². The third-order valence-electron chi connectivity index (χ3n) is 4.63. The van der Waals surface area contributed by atoms with Crippen LogP contribution in [-0.2, 0) is 18.9 Å². The first-order valence-electron chi connectivity index (χ1n) is 8.87. The molecule has 2 rings (SSSR count). The van der Waals surface area contributed by atoms with Crippen LogP contribution >= 0.6 is 0 Å². The summed E-state index contributed by atoms with van der Waals surface area (Å²) in [5, 5.41) is 71.2. The number of carbonyl (C=O) groups excluding carboxylic acids is 1. The Labute approximate surface area is 165 Å². The van der Waals surface area contributed by atoms with Crippen LogP contribution in [0.1, 0.15) is 0 Å². The van der Waals surface area contributed by atoms with Crippen molar-refractivity contribution in [3.05, 3.63) is 12.7 Å². The zero-order chi connectivity index (χ0) is 21.7. The van der Waals surface area contributed by atoms with Crippen LogP contribution in [0.2, 0.25) is 0 Å². The van der Waals surface area contributed by atoms with E-state index in [0.29, 0.717) is 0 Å². The van der Waals surface area contributed by atoms with Crippen LogP contribution in [0.3, 0.4) is 0 Å². The second-order valence-electron chi connectivity index (χ2n) is 6.59. The Morgan fingerprint density at radius 2 is 1.62 bits per heavy atom. The lowest BCUT2D eigenvalue weighted by atomic mass is 9.95. The van der Waals surface area contributed by atoms with Crippen LogP contribution in [0, 0.1) is 0 Å². The van der Waals surface area contributed by atoms with Gasteiger partial charge < -0.3 is 60.0 Å². The van der Waals surface area contributed by atoms with Crippen molar-refractivity contribution in [2.75, 3.05) is 19.8 Å². The van der Waals surface area contributed by atoms with Crippen LogP contribution in [0.4, 0.5) is 4.79 Å². The van der Waals surface area contributed by atoms with Crippen LogP contribution in [0.5, 0.6) is 0 Å². The molecular weight excluding hydrogens is 398 g/mol. The van der Waals surface area contributed by atoms with Crippen LogP contribution in [-0.4, -0.2) is 123 Å². The summed E-state index contributed by atoms with van der Waals surface area (Å²) >= 11 is 0. The average Bonchev–Trinajstić information content (AvgIpc) is 2.71. The zero-order valence-electron chi connectivity index (χ0n) is 15.4. The fraction of sp³-hybridized carbons (Fsp3) is 0.812. The smallest absolute Gasteiger partial charge is 0.407 e. The van der Waals surface area contributed by atoms with Crippen LogP contribution in [0.25, 0.3) is 0 Å². The monoisotopic (exact) mass is 425 g/mol. The summed E-state index contributed by atoms with van der Waals surface area (Å²) in [5.74, 6) is 0. The molecule has 2 aliphatic heterocycles. The summed E-state index contributed by atoms with van der Waals surface area (Å²) in [6.07, 6.45) is -13.8. The molecule has 0 saturated carbocycles. The molecule has 2 saturated heterocycles. The molecule has 10 atom stereocenters. The van der Waals surface area contributed by atoms with E-state index in [4.69, 9.17) is 18.9 Å². The number of amides is 1. The van der Waals surface area contributed by atoms with E-state index in [1.165, 1.54) is 6.08 Å². The van der Waals surface area contributed by atoms with Gasteiger partial charge in [0.1, 0.15) is 55.4 Å². The fourth-order valence-electron chi connectivity index (χ4n) is 3.05. The van der Waals surface area contributed by atoms with Crippen molar-refractivity contribution in [1.82, 2.24) is 5.32 Å². The molecule has 29 heavy (non-hydrogen) atoms. The van der Waals surface area contributed by atoms with E-state index in [0.717, 1.165) is 0 Å². The molecule has 2 heterocycles. The largest absolute Gasteiger partial charge is 0.445 e. The minimum atomic E-state index is -1.77. The number of aliphatic hydroxyl groups excluding tert-OH is 7. The molecule has 2 aliphatic rings. The van der Waals surface area contributed by atoms with E-state index in [1.807, 2.05) is 0 Å². The Bertz CT molecular complexity index is 548. The molecule has 2 fully saturated rings. The molecule has 1 amide bonds. The van der Waals surface area contributed by atoms with Gasteiger partial charge in [0.05, 0.1) is 13.2 Å². The third-order valence-corrected chi connectivity index (χ3v) is 4.63. The maximum Gasteiger partial charge on any atom is 0.407 e. The van der Waals surface area contributed by atoms with Gasteiger partial charge in [-0.2, -0.15) is 0 Å². The number of rotatable bonds is 7. The van der Waals surface area contributed by atoms with Gasteiger partial charge in [-0.15, -0.1) is 0 Å². The highest BCUT2D eigenvalue weighted by Gasteiger charge is 2.50. The van der Waals surface area contributed by atoms with Crippen molar-refractivity contribution in [3.8, 4) is 0 Å². The van der Waals surface area contributed by atoms with Crippen molar-refractivity contribution in [2.45, 2.75) is 61.3 Å². The van der Waals surface area contributed by atoms with Crippen LogP contribution in [0.15, 0.2) is 12.7 Å². The first kappa shape index (κ1) is 23.9. The first-order chi connectivity index (χ1) is 13.7. The molecule has 8 N–H and O–H groups in total. The second-order valence-corrected chi connectivity index (χ2v) is 6.59. The number of nitrogens with one attached hydrogen (secondary N) is 1. The van der Waals surface area contributed by atoms with E-state index < -0.39 is 80.7 Å². The summed E-state index contributed by atoms with van der Waals surface area (Å²) in [4.78, 5) is 11.7. The maximum absolute atomic E-state index is 11.7. The third kappa shape index (κ3) is 5.40. The Kier molecular flexibility index (Phi) is 8.72. The minimum Gasteiger partial charge on any atom is -0.445 e. The fourth-order valence-corrected chi connectivity index (χ4v) is 3.05. The van der Waals surface area contributed by atoms with E-state index in [-0.39, 0.29) is 6.61 Å². The highest BCUT2D eigenvalue weighted by atomic mass is 16.7. The standard InChI is InChI=1S/C16H27NO12/c1-2-3-26-16(25)17-8-10(21)13(7(5-19)27-14(8)24)29-15-12(23)11(22)9(20)6(4-18)28-15/h2,6-15,18-24H,1,3-5H2,(H,17,25). The molecule has 0 spiro atoms. The molecule has 0 bridgehead atoms. The van der Waals surface area contributed by atoms with E-state index in [1.54, 1.807) is 0 Å². The van der Waals surface area contributed by atoms with E-state index in [9.17, 15) is 40.5 Å². The lowest BCUT2D eigenvalue weighted by Gasteiger charge is -2.46. The predicted octanol–water partition coefficient (Wildman–Crippen LogP) is -4.48. The molecule has 0 aromatic carbocycles. The molecule has 168 valence electrons. The van der Waals surface area contributed by atoms with Gasteiger partial charge in [-0.25, -0.2) is 4.79 Å². The number of ether oxygens (including phenoxy) is 4. The number of carbonyl (C=O) groups is 1. The van der Waals surface area contributed by atoms with Crippen molar-refractivity contribution >= 4 is 6.09 Å². The Morgan fingerprint density at radius 1 is 0.966 bits per heavy atom. The number of aliphatic hydroxyl groups is 7. The molecule has 13 nitrogen and oxygen atoms in total. The molecule has 0 radical (unpaired) electrons. The molecule has 0 aromatic rings. The summed E-state index contributed by atoms with van der Waals surface area (Å²) in [5.41, 5.74) is 0. The summed E-state index contributed by atoms with van der Waals surface area (Å²) in [7, 11) is 0. The van der Waals surface area contributed by atoms with Crippen molar-refractivity contribution in [1.29, 1.82) is 0 Å². The van der Waals surface area contributed by atoms with Gasteiger partial charge in [-0.1, -0.05) is 12.7 Å².